The Morgan fingerprint density at radius 3 is 2.92 bits per heavy atom. The van der Waals surface area contributed by atoms with Crippen LogP contribution in [0.1, 0.15) is 41.9 Å². The molecule has 0 saturated carbocycles. The summed E-state index contributed by atoms with van der Waals surface area (Å²) in [7, 11) is 0. The van der Waals surface area contributed by atoms with Crippen molar-refractivity contribution in [3.8, 4) is 0 Å². The van der Waals surface area contributed by atoms with Crippen molar-refractivity contribution in [2.75, 3.05) is 13.1 Å². The smallest absolute Gasteiger partial charge is 0.242 e. The minimum Gasteiger partial charge on any atom is -0.348 e. The van der Waals surface area contributed by atoms with Crippen molar-refractivity contribution < 1.29 is 9.59 Å². The first-order valence-corrected chi connectivity index (χ1v) is 8.99. The minimum atomic E-state index is 0.0169. The molecule has 1 amide bonds. The summed E-state index contributed by atoms with van der Waals surface area (Å²) < 4.78 is 1.89. The molecule has 0 unspecified atom stereocenters. The number of imidazole rings is 1. The Kier molecular flexibility index (Phi) is 4.32. The molecule has 3 heterocycles. The molecule has 2 aromatic heterocycles. The van der Waals surface area contributed by atoms with Gasteiger partial charge in [0.15, 0.2) is 5.78 Å². The fourth-order valence-electron chi connectivity index (χ4n) is 3.83. The molecule has 6 nitrogen and oxygen atoms in total. The lowest BCUT2D eigenvalue weighted by Crippen LogP contribution is -2.41. The quantitative estimate of drug-likeness (QED) is 0.735. The number of carbonyl (C=O) groups is 2. The number of ketones is 1. The molecule has 0 radical (unpaired) electrons. The molecule has 0 aliphatic carbocycles. The molecule has 0 spiro atoms. The Hall–Kier alpha value is -2.89. The van der Waals surface area contributed by atoms with E-state index >= 15 is 0 Å². The Morgan fingerprint density at radius 2 is 2.15 bits per heavy atom. The maximum Gasteiger partial charge on any atom is 0.242 e. The van der Waals surface area contributed by atoms with E-state index in [2.05, 4.69) is 9.97 Å². The van der Waals surface area contributed by atoms with Gasteiger partial charge in [0.05, 0.1) is 0 Å². The first kappa shape index (κ1) is 16.6. The van der Waals surface area contributed by atoms with Crippen molar-refractivity contribution >= 4 is 22.6 Å². The van der Waals surface area contributed by atoms with E-state index < -0.39 is 0 Å². The van der Waals surface area contributed by atoms with Crippen LogP contribution in [0.4, 0.5) is 0 Å². The van der Waals surface area contributed by atoms with Crippen LogP contribution in [0.5, 0.6) is 0 Å². The molecule has 0 bridgehead atoms. The predicted octanol–water partition coefficient (Wildman–Crippen LogP) is 2.97. The van der Waals surface area contributed by atoms with Gasteiger partial charge in [-0.2, -0.15) is 0 Å². The second-order valence-electron chi connectivity index (χ2n) is 6.90. The molecule has 1 N–H and O–H groups in total. The van der Waals surface area contributed by atoms with Crippen molar-refractivity contribution in [1.82, 2.24) is 19.4 Å². The van der Waals surface area contributed by atoms with Crippen molar-refractivity contribution in [1.29, 1.82) is 0 Å². The highest BCUT2D eigenvalue weighted by atomic mass is 16.2. The first-order chi connectivity index (χ1) is 12.6. The van der Waals surface area contributed by atoms with Gasteiger partial charge in [0.2, 0.25) is 5.91 Å². The third-order valence-electron chi connectivity index (χ3n) is 5.15. The van der Waals surface area contributed by atoms with Crippen molar-refractivity contribution in [2.24, 2.45) is 0 Å². The molecule has 1 aromatic carbocycles. The number of aromatic nitrogens is 3. The van der Waals surface area contributed by atoms with Crippen LogP contribution in [0.15, 0.2) is 42.9 Å². The Bertz CT molecular complexity index is 942. The second kappa shape index (κ2) is 6.78. The fourth-order valence-corrected chi connectivity index (χ4v) is 3.83. The lowest BCUT2D eigenvalue weighted by Gasteiger charge is -2.32. The minimum absolute atomic E-state index is 0.0169. The van der Waals surface area contributed by atoms with E-state index in [1.807, 2.05) is 39.9 Å². The van der Waals surface area contributed by atoms with E-state index in [1.54, 1.807) is 19.3 Å². The highest BCUT2D eigenvalue weighted by Crippen LogP contribution is 2.26. The van der Waals surface area contributed by atoms with Gasteiger partial charge in [0.25, 0.3) is 0 Å². The van der Waals surface area contributed by atoms with Crippen molar-refractivity contribution in [3.05, 3.63) is 54.2 Å². The van der Waals surface area contributed by atoms with Crippen LogP contribution in [0.2, 0.25) is 0 Å². The number of benzene rings is 1. The average molecular weight is 350 g/mol. The number of para-hydroxylation sites is 1. The van der Waals surface area contributed by atoms with Gasteiger partial charge < -0.3 is 14.5 Å². The molecule has 4 rings (SSSR count). The maximum absolute atomic E-state index is 12.9. The molecule has 1 saturated heterocycles. The monoisotopic (exact) mass is 350 g/mol. The highest BCUT2D eigenvalue weighted by Gasteiger charge is 2.26. The number of carbonyl (C=O) groups excluding carboxylic acids is 2. The summed E-state index contributed by atoms with van der Waals surface area (Å²) in [5, 5.41) is 0.903. The first-order valence-electron chi connectivity index (χ1n) is 8.99. The maximum atomic E-state index is 12.9. The number of fused-ring (bicyclic) bond motifs is 1. The molecular weight excluding hydrogens is 328 g/mol. The summed E-state index contributed by atoms with van der Waals surface area (Å²) in [6.45, 7) is 3.27. The Labute approximate surface area is 151 Å². The van der Waals surface area contributed by atoms with Gasteiger partial charge in [0.1, 0.15) is 12.4 Å². The zero-order valence-electron chi connectivity index (χ0n) is 14.8. The van der Waals surface area contributed by atoms with Crippen LogP contribution >= 0.6 is 0 Å². The number of Topliss-reactive ketones (excluding diaryl/α,β-unsaturated/α-hetero) is 1. The number of piperidine rings is 1. The number of rotatable bonds is 4. The average Bonchev–Trinajstić information content (AvgIpc) is 3.30. The van der Waals surface area contributed by atoms with E-state index in [0.717, 1.165) is 36.1 Å². The summed E-state index contributed by atoms with van der Waals surface area (Å²) in [6, 6.07) is 7.73. The van der Waals surface area contributed by atoms with Gasteiger partial charge in [-0.15, -0.1) is 0 Å². The van der Waals surface area contributed by atoms with Crippen LogP contribution in [0.3, 0.4) is 0 Å². The second-order valence-corrected chi connectivity index (χ2v) is 6.90. The largest absolute Gasteiger partial charge is 0.348 e. The molecule has 3 aromatic rings. The Balaban J connectivity index is 1.55. The van der Waals surface area contributed by atoms with Gasteiger partial charge in [-0.05, 0) is 25.8 Å². The summed E-state index contributed by atoms with van der Waals surface area (Å²) in [5.41, 5.74) is 1.59. The molecule has 134 valence electrons. The molecule has 1 aliphatic rings. The summed E-state index contributed by atoms with van der Waals surface area (Å²) >= 11 is 0. The lowest BCUT2D eigenvalue weighted by molar-refractivity contribution is -0.133. The number of nitrogens with one attached hydrogen (secondary N) is 1. The van der Waals surface area contributed by atoms with Crippen LogP contribution in [-0.4, -0.2) is 44.2 Å². The van der Waals surface area contributed by atoms with E-state index in [0.29, 0.717) is 12.1 Å². The van der Waals surface area contributed by atoms with E-state index in [-0.39, 0.29) is 24.2 Å². The zero-order chi connectivity index (χ0) is 18.1. The molecular formula is C20H22N4O2. The number of nitrogens with zero attached hydrogens (tertiary/aromatic N) is 3. The standard InChI is InChI=1S/C20H22N4O2/c1-14(25)17-12-24(18-7-3-2-6-16(17)18)13-19(26)23-10-4-5-15(11-23)20-21-8-9-22-20/h2-3,6-9,12,15H,4-5,10-11,13H2,1H3,(H,21,22)/t15-/m1/s1. The molecule has 1 aliphatic heterocycles. The van der Waals surface area contributed by atoms with Gasteiger partial charge in [-0.25, -0.2) is 4.98 Å². The number of hydrogen-bond acceptors (Lipinski definition) is 3. The molecule has 26 heavy (non-hydrogen) atoms. The van der Waals surface area contributed by atoms with Gasteiger partial charge in [-0.3, -0.25) is 9.59 Å². The van der Waals surface area contributed by atoms with Crippen LogP contribution in [0.25, 0.3) is 10.9 Å². The summed E-state index contributed by atoms with van der Waals surface area (Å²) in [6.07, 6.45) is 7.40. The van der Waals surface area contributed by atoms with E-state index in [4.69, 9.17) is 0 Å². The summed E-state index contributed by atoms with van der Waals surface area (Å²) in [4.78, 5) is 34.2. The van der Waals surface area contributed by atoms with Crippen LogP contribution in [-0.2, 0) is 11.3 Å². The third kappa shape index (κ3) is 3.03. The van der Waals surface area contributed by atoms with Crippen molar-refractivity contribution in [2.45, 2.75) is 32.2 Å². The zero-order valence-corrected chi connectivity index (χ0v) is 14.8. The number of amides is 1. The number of H-pyrrole nitrogens is 1. The SMILES string of the molecule is CC(=O)c1cn(CC(=O)N2CCC[C@@H](c3ncc[nH]3)C2)c2ccccc12. The normalized spacial score (nSPS) is 17.6. The van der Waals surface area contributed by atoms with E-state index in [1.165, 1.54) is 0 Å². The lowest BCUT2D eigenvalue weighted by atomic mass is 9.97. The fraction of sp³-hybridized carbons (Fsp3) is 0.350. The number of aromatic amines is 1. The van der Waals surface area contributed by atoms with Crippen LogP contribution < -0.4 is 0 Å². The van der Waals surface area contributed by atoms with Gasteiger partial charge in [0, 0.05) is 54.1 Å². The topological polar surface area (TPSA) is 71.0 Å². The third-order valence-corrected chi connectivity index (χ3v) is 5.15. The van der Waals surface area contributed by atoms with Crippen molar-refractivity contribution in [3.63, 3.8) is 0 Å². The summed E-state index contributed by atoms with van der Waals surface area (Å²) in [5.74, 6) is 1.31. The van der Waals surface area contributed by atoms with Gasteiger partial charge >= 0.3 is 0 Å². The predicted molar refractivity (Wildman–Crippen MR) is 99.1 cm³/mol. The van der Waals surface area contributed by atoms with E-state index in [9.17, 15) is 9.59 Å². The van der Waals surface area contributed by atoms with Crippen LogP contribution in [0, 0.1) is 0 Å². The molecule has 1 atom stereocenters. The van der Waals surface area contributed by atoms with Gasteiger partial charge in [-0.1, -0.05) is 18.2 Å². The molecule has 6 heteroatoms. The molecule has 1 fully saturated rings. The number of hydrogen-bond donors (Lipinski definition) is 1. The highest BCUT2D eigenvalue weighted by molar-refractivity contribution is 6.07. The number of likely N-dealkylation sites (tertiary alicyclic amines) is 1. The Morgan fingerprint density at radius 1 is 1.31 bits per heavy atom.